The minimum atomic E-state index is -0.714. The fourth-order valence-electron chi connectivity index (χ4n) is 7.67. The number of carbonyl (C=O) groups is 3. The van der Waals surface area contributed by atoms with Gasteiger partial charge >= 0.3 is 5.97 Å². The first-order valence-electron chi connectivity index (χ1n) is 14.5. The number of aliphatic hydroxyl groups excluding tert-OH is 1. The second kappa shape index (κ2) is 12.2. The maximum absolute atomic E-state index is 14.7. The van der Waals surface area contributed by atoms with Crippen molar-refractivity contribution >= 4 is 29.5 Å². The molecule has 3 saturated heterocycles. The van der Waals surface area contributed by atoms with Gasteiger partial charge in [-0.1, -0.05) is 52.2 Å². The fourth-order valence-corrected chi connectivity index (χ4v) is 10.1. The van der Waals surface area contributed by atoms with Gasteiger partial charge in [0.1, 0.15) is 6.04 Å². The number of aliphatic hydroxyl groups is 1. The predicted octanol–water partition coefficient (Wildman–Crippen LogP) is 4.20. The average Bonchev–Trinajstić information content (AvgIpc) is 3.49. The average molecular weight is 547 g/mol. The zero-order valence-electron chi connectivity index (χ0n) is 23.3. The summed E-state index contributed by atoms with van der Waals surface area (Å²) in [6.07, 6.45) is 10.7. The minimum Gasteiger partial charge on any atom is -0.465 e. The molecule has 0 aromatic rings. The highest BCUT2D eigenvalue weighted by Crippen LogP contribution is 2.69. The molecule has 7 atom stereocenters. The van der Waals surface area contributed by atoms with E-state index in [1.54, 1.807) is 28.8 Å². The number of likely N-dealkylation sites (tertiary alicyclic amines) is 1. The van der Waals surface area contributed by atoms with Crippen molar-refractivity contribution in [2.75, 3.05) is 19.8 Å². The Morgan fingerprint density at radius 2 is 1.95 bits per heavy atom. The summed E-state index contributed by atoms with van der Waals surface area (Å²) >= 11 is 1.67. The molecule has 2 amide bonds. The zero-order valence-corrected chi connectivity index (χ0v) is 24.2. The molecule has 0 aromatic heterocycles. The van der Waals surface area contributed by atoms with Crippen LogP contribution in [0.1, 0.15) is 72.1 Å². The lowest BCUT2D eigenvalue weighted by Crippen LogP contribution is -2.60. The second-order valence-electron chi connectivity index (χ2n) is 12.1. The van der Waals surface area contributed by atoms with Gasteiger partial charge in [0, 0.05) is 17.8 Å². The third-order valence-electron chi connectivity index (χ3n) is 9.23. The molecule has 1 N–H and O–H groups in total. The van der Waals surface area contributed by atoms with Crippen LogP contribution in [0.3, 0.4) is 0 Å². The molecular weight excluding hydrogens is 500 g/mol. The van der Waals surface area contributed by atoms with Crippen LogP contribution in [0.5, 0.6) is 0 Å². The van der Waals surface area contributed by atoms with Crippen LogP contribution in [0, 0.1) is 23.7 Å². The molecule has 8 heteroatoms. The van der Waals surface area contributed by atoms with Gasteiger partial charge in [0.05, 0.1) is 35.8 Å². The molecule has 0 radical (unpaired) electrons. The standard InChI is InChI=1S/C30H46N2O5S/c1-6-8-15-37-29(36)24-23-17-20(5)30(38-23)25(24)27(34)32(22(18-33)16-19(3)4)26(30)28(35)31(14-7-2)21-12-10-9-11-13-21/h6-7,19-26,33H,1-2,8-18H2,3-5H3/t20?,22-,23+,24-,25+,26?,30?/m1/s1. The number of carbonyl (C=O) groups excluding carboxylic acids is 3. The summed E-state index contributed by atoms with van der Waals surface area (Å²) in [5.74, 6) is -1.44. The number of ether oxygens (including phenoxy) is 1. The molecule has 212 valence electrons. The van der Waals surface area contributed by atoms with Crippen LogP contribution in [0.15, 0.2) is 25.3 Å². The number of nitrogens with zero attached hydrogens (tertiary/aromatic N) is 2. The maximum Gasteiger partial charge on any atom is 0.310 e. The van der Waals surface area contributed by atoms with Crippen LogP contribution in [0.4, 0.5) is 0 Å². The van der Waals surface area contributed by atoms with Crippen LogP contribution >= 0.6 is 11.8 Å². The largest absolute Gasteiger partial charge is 0.465 e. The lowest BCUT2D eigenvalue weighted by Gasteiger charge is -2.44. The van der Waals surface area contributed by atoms with E-state index >= 15 is 0 Å². The van der Waals surface area contributed by atoms with Crippen molar-refractivity contribution in [3.63, 3.8) is 0 Å². The molecule has 4 fully saturated rings. The van der Waals surface area contributed by atoms with Gasteiger partial charge in [0.15, 0.2) is 0 Å². The maximum atomic E-state index is 14.7. The van der Waals surface area contributed by atoms with E-state index in [2.05, 4.69) is 33.9 Å². The van der Waals surface area contributed by atoms with Gasteiger partial charge in [-0.05, 0) is 43.9 Å². The molecular formula is C30H46N2O5S. The van der Waals surface area contributed by atoms with Gasteiger partial charge in [0.25, 0.3) is 0 Å². The quantitative estimate of drug-likeness (QED) is 0.224. The molecule has 4 rings (SSSR count). The number of amides is 2. The summed E-state index contributed by atoms with van der Waals surface area (Å²) < 4.78 is 4.91. The number of hydrogen-bond donors (Lipinski definition) is 1. The van der Waals surface area contributed by atoms with E-state index in [0.29, 0.717) is 19.4 Å². The number of esters is 1. The van der Waals surface area contributed by atoms with Crippen LogP contribution in [-0.4, -0.2) is 80.6 Å². The molecule has 3 unspecified atom stereocenters. The summed E-state index contributed by atoms with van der Waals surface area (Å²) in [4.78, 5) is 46.2. The van der Waals surface area contributed by atoms with Gasteiger partial charge in [-0.2, -0.15) is 0 Å². The molecule has 1 saturated carbocycles. The lowest BCUT2D eigenvalue weighted by atomic mass is 9.66. The third kappa shape index (κ3) is 4.96. The van der Waals surface area contributed by atoms with E-state index in [-0.39, 0.29) is 54.1 Å². The van der Waals surface area contributed by atoms with Crippen LogP contribution in [0.25, 0.3) is 0 Å². The van der Waals surface area contributed by atoms with E-state index in [4.69, 9.17) is 4.74 Å². The molecule has 4 aliphatic rings. The Balaban J connectivity index is 1.77. The minimum absolute atomic E-state index is 0.0458. The van der Waals surface area contributed by atoms with Crippen molar-refractivity contribution in [2.45, 2.75) is 100 Å². The molecule has 0 aromatic carbocycles. The molecule has 3 aliphatic heterocycles. The topological polar surface area (TPSA) is 87.2 Å². The fraction of sp³-hybridized carbons (Fsp3) is 0.767. The third-order valence-corrected chi connectivity index (χ3v) is 11.3. The van der Waals surface area contributed by atoms with Gasteiger partial charge in [-0.25, -0.2) is 0 Å². The Labute approximate surface area is 232 Å². The Morgan fingerprint density at radius 1 is 1.24 bits per heavy atom. The Bertz CT molecular complexity index is 918. The molecule has 1 spiro atoms. The monoisotopic (exact) mass is 546 g/mol. The first kappa shape index (κ1) is 29.2. The Morgan fingerprint density at radius 3 is 2.55 bits per heavy atom. The predicted molar refractivity (Wildman–Crippen MR) is 150 cm³/mol. The van der Waals surface area contributed by atoms with E-state index in [1.807, 2.05) is 4.90 Å². The highest BCUT2D eigenvalue weighted by atomic mass is 32.2. The van der Waals surface area contributed by atoms with Crippen molar-refractivity contribution < 1.29 is 24.2 Å². The van der Waals surface area contributed by atoms with Crippen LogP contribution in [-0.2, 0) is 19.1 Å². The van der Waals surface area contributed by atoms with Crippen molar-refractivity contribution in [1.29, 1.82) is 0 Å². The van der Waals surface area contributed by atoms with Crippen LogP contribution in [0.2, 0.25) is 0 Å². The van der Waals surface area contributed by atoms with Gasteiger partial charge in [0.2, 0.25) is 11.8 Å². The highest BCUT2D eigenvalue weighted by molar-refractivity contribution is 8.02. The Hall–Kier alpha value is -1.80. The summed E-state index contributed by atoms with van der Waals surface area (Å²) in [6, 6.07) is -1.07. The lowest BCUT2D eigenvalue weighted by molar-refractivity contribution is -0.155. The summed E-state index contributed by atoms with van der Waals surface area (Å²) in [5, 5.41) is 10.5. The number of fused-ring (bicyclic) bond motifs is 1. The van der Waals surface area contributed by atoms with Gasteiger partial charge < -0.3 is 19.6 Å². The summed E-state index contributed by atoms with van der Waals surface area (Å²) in [7, 11) is 0. The normalized spacial score (nSPS) is 33.3. The molecule has 38 heavy (non-hydrogen) atoms. The van der Waals surface area contributed by atoms with Crippen LogP contribution < -0.4 is 0 Å². The molecule has 7 nitrogen and oxygen atoms in total. The molecule has 1 aliphatic carbocycles. The SMILES string of the molecule is C=CCCOC(=O)[C@@H]1[C@@H]2CC(C)C3(S2)C(C(=O)N(CC=C)C2CCCCC2)N([C@@H](CO)CC(C)C)C(=O)[C@H]13. The molecule has 3 heterocycles. The number of thioether (sulfide) groups is 1. The van der Waals surface area contributed by atoms with Gasteiger partial charge in [-0.15, -0.1) is 24.9 Å². The van der Waals surface area contributed by atoms with E-state index in [0.717, 1.165) is 32.1 Å². The van der Waals surface area contributed by atoms with E-state index in [1.165, 1.54) is 6.42 Å². The second-order valence-corrected chi connectivity index (χ2v) is 13.6. The van der Waals surface area contributed by atoms with Crippen molar-refractivity contribution in [2.24, 2.45) is 23.7 Å². The smallest absolute Gasteiger partial charge is 0.310 e. The number of hydrogen-bond acceptors (Lipinski definition) is 6. The van der Waals surface area contributed by atoms with Crippen molar-refractivity contribution in [3.05, 3.63) is 25.3 Å². The highest BCUT2D eigenvalue weighted by Gasteiger charge is 2.77. The van der Waals surface area contributed by atoms with Gasteiger partial charge in [-0.3, -0.25) is 14.4 Å². The van der Waals surface area contributed by atoms with Crippen molar-refractivity contribution in [1.82, 2.24) is 9.80 Å². The Kier molecular flexibility index (Phi) is 9.34. The van der Waals surface area contributed by atoms with E-state index < -0.39 is 28.7 Å². The number of rotatable bonds is 12. The zero-order chi connectivity index (χ0) is 27.6. The van der Waals surface area contributed by atoms with Crippen molar-refractivity contribution in [3.8, 4) is 0 Å². The summed E-state index contributed by atoms with van der Waals surface area (Å²) in [5.41, 5.74) is 0. The first-order chi connectivity index (χ1) is 18.2. The summed E-state index contributed by atoms with van der Waals surface area (Å²) in [6.45, 7) is 14.4. The molecule has 2 bridgehead atoms. The van der Waals surface area contributed by atoms with E-state index in [9.17, 15) is 19.5 Å². The first-order valence-corrected chi connectivity index (χ1v) is 15.4.